The number of piperidine rings is 1. The molecule has 1 fully saturated rings. The van der Waals surface area contributed by atoms with Crippen LogP contribution in [0.2, 0.25) is 0 Å². The predicted molar refractivity (Wildman–Crippen MR) is 112 cm³/mol. The van der Waals surface area contributed by atoms with Gasteiger partial charge in [0.05, 0.1) is 24.8 Å². The summed E-state index contributed by atoms with van der Waals surface area (Å²) in [5.74, 6) is 1.74. The number of amides is 1. The number of aromatic amines is 1. The number of nitrogens with zero attached hydrogens (tertiary/aromatic N) is 3. The first-order valence-corrected chi connectivity index (χ1v) is 9.93. The van der Waals surface area contributed by atoms with E-state index in [2.05, 4.69) is 25.4 Å². The molecule has 1 saturated heterocycles. The highest BCUT2D eigenvalue weighted by Gasteiger charge is 2.18. The van der Waals surface area contributed by atoms with Gasteiger partial charge >= 0.3 is 0 Å². The van der Waals surface area contributed by atoms with E-state index in [-0.39, 0.29) is 12.5 Å². The van der Waals surface area contributed by atoms with Crippen molar-refractivity contribution < 1.29 is 9.53 Å². The Labute approximate surface area is 170 Å². The SMILES string of the molecule is COc1ccccc1-c1nc(CNC(=O)c2ccccc2N2CCCCC2)n[nH]1. The maximum absolute atomic E-state index is 12.8. The highest BCUT2D eigenvalue weighted by molar-refractivity contribution is 5.99. The molecule has 2 aromatic carbocycles. The van der Waals surface area contributed by atoms with Crippen molar-refractivity contribution in [3.8, 4) is 17.1 Å². The van der Waals surface area contributed by atoms with Crippen molar-refractivity contribution in [3.63, 3.8) is 0 Å². The van der Waals surface area contributed by atoms with Gasteiger partial charge in [-0.15, -0.1) is 0 Å². The Kier molecular flexibility index (Phi) is 5.74. The molecular formula is C22H25N5O2. The van der Waals surface area contributed by atoms with Crippen LogP contribution in [0.1, 0.15) is 35.4 Å². The predicted octanol–water partition coefficient (Wildman–Crippen LogP) is 3.40. The van der Waals surface area contributed by atoms with E-state index in [9.17, 15) is 4.79 Å². The molecule has 1 aromatic heterocycles. The number of hydrogen-bond acceptors (Lipinski definition) is 5. The van der Waals surface area contributed by atoms with Crippen LogP contribution in [0.4, 0.5) is 5.69 Å². The Morgan fingerprint density at radius 3 is 2.69 bits per heavy atom. The number of benzene rings is 2. The monoisotopic (exact) mass is 391 g/mol. The lowest BCUT2D eigenvalue weighted by Gasteiger charge is -2.30. The van der Waals surface area contributed by atoms with Crippen molar-refractivity contribution in [1.82, 2.24) is 20.5 Å². The molecule has 7 nitrogen and oxygen atoms in total. The van der Waals surface area contributed by atoms with E-state index in [4.69, 9.17) is 4.74 Å². The van der Waals surface area contributed by atoms with Crippen molar-refractivity contribution in [3.05, 3.63) is 59.9 Å². The fraction of sp³-hybridized carbons (Fsp3) is 0.318. The van der Waals surface area contributed by atoms with Gasteiger partial charge in [0.1, 0.15) is 5.75 Å². The molecule has 1 amide bonds. The summed E-state index contributed by atoms with van der Waals surface area (Å²) in [6, 6.07) is 15.4. The number of carbonyl (C=O) groups is 1. The number of nitrogens with one attached hydrogen (secondary N) is 2. The lowest BCUT2D eigenvalue weighted by molar-refractivity contribution is 0.0950. The van der Waals surface area contributed by atoms with Crippen LogP contribution >= 0.6 is 0 Å². The normalized spacial score (nSPS) is 13.9. The van der Waals surface area contributed by atoms with Gasteiger partial charge in [-0.05, 0) is 43.5 Å². The molecule has 1 aliphatic heterocycles. The summed E-state index contributed by atoms with van der Waals surface area (Å²) >= 11 is 0. The van der Waals surface area contributed by atoms with Gasteiger partial charge in [0.15, 0.2) is 11.6 Å². The van der Waals surface area contributed by atoms with Crippen molar-refractivity contribution in [2.45, 2.75) is 25.8 Å². The van der Waals surface area contributed by atoms with Gasteiger partial charge in [-0.1, -0.05) is 24.3 Å². The maximum Gasteiger partial charge on any atom is 0.253 e. The molecule has 2 heterocycles. The van der Waals surface area contributed by atoms with E-state index in [1.807, 2.05) is 48.5 Å². The molecule has 0 spiro atoms. The molecular weight excluding hydrogens is 366 g/mol. The minimum absolute atomic E-state index is 0.116. The van der Waals surface area contributed by atoms with E-state index in [0.717, 1.165) is 30.1 Å². The number of rotatable bonds is 6. The van der Waals surface area contributed by atoms with Crippen molar-refractivity contribution in [2.24, 2.45) is 0 Å². The third-order valence-corrected chi connectivity index (χ3v) is 5.15. The number of ether oxygens (including phenoxy) is 1. The molecule has 7 heteroatoms. The van der Waals surface area contributed by atoms with E-state index in [1.165, 1.54) is 19.3 Å². The van der Waals surface area contributed by atoms with Crippen molar-refractivity contribution in [2.75, 3.05) is 25.1 Å². The summed E-state index contributed by atoms with van der Waals surface area (Å²) in [7, 11) is 1.62. The van der Waals surface area contributed by atoms with E-state index in [1.54, 1.807) is 7.11 Å². The number of methoxy groups -OCH3 is 1. The smallest absolute Gasteiger partial charge is 0.253 e. The zero-order chi connectivity index (χ0) is 20.1. The third kappa shape index (κ3) is 4.23. The quantitative estimate of drug-likeness (QED) is 0.673. The Bertz CT molecular complexity index is 979. The lowest BCUT2D eigenvalue weighted by Crippen LogP contribution is -2.32. The summed E-state index contributed by atoms with van der Waals surface area (Å²) in [6.07, 6.45) is 3.59. The second-order valence-corrected chi connectivity index (χ2v) is 7.05. The maximum atomic E-state index is 12.8. The molecule has 1 aliphatic rings. The standard InChI is InChI=1S/C22H25N5O2/c1-29-19-12-6-4-10-17(19)21-24-20(25-26-21)15-23-22(28)16-9-3-5-11-18(16)27-13-7-2-8-14-27/h3-6,9-12H,2,7-8,13-15H2,1H3,(H,23,28)(H,24,25,26). The van der Waals surface area contributed by atoms with E-state index in [0.29, 0.717) is 17.2 Å². The topological polar surface area (TPSA) is 83.1 Å². The van der Waals surface area contributed by atoms with Gasteiger partial charge < -0.3 is 15.0 Å². The summed E-state index contributed by atoms with van der Waals surface area (Å²) in [6.45, 7) is 2.24. The number of para-hydroxylation sites is 2. The van der Waals surface area contributed by atoms with Gasteiger partial charge in [0, 0.05) is 18.8 Å². The summed E-state index contributed by atoms with van der Waals surface area (Å²) in [5.41, 5.74) is 2.51. The highest BCUT2D eigenvalue weighted by atomic mass is 16.5. The first-order chi connectivity index (χ1) is 14.3. The highest BCUT2D eigenvalue weighted by Crippen LogP contribution is 2.27. The number of H-pyrrole nitrogens is 1. The van der Waals surface area contributed by atoms with Gasteiger partial charge in [-0.3, -0.25) is 9.89 Å². The summed E-state index contributed by atoms with van der Waals surface area (Å²) in [5, 5.41) is 10.1. The van der Waals surface area contributed by atoms with Crippen LogP contribution in [0.15, 0.2) is 48.5 Å². The molecule has 29 heavy (non-hydrogen) atoms. The molecule has 0 unspecified atom stereocenters. The van der Waals surface area contributed by atoms with E-state index < -0.39 is 0 Å². The first kappa shape index (κ1) is 19.0. The fourth-order valence-corrected chi connectivity index (χ4v) is 3.67. The van der Waals surface area contributed by atoms with Gasteiger partial charge in [-0.25, -0.2) is 4.98 Å². The molecule has 0 bridgehead atoms. The van der Waals surface area contributed by atoms with Crippen LogP contribution in [0.25, 0.3) is 11.4 Å². The van der Waals surface area contributed by atoms with Crippen molar-refractivity contribution in [1.29, 1.82) is 0 Å². The van der Waals surface area contributed by atoms with Crippen LogP contribution < -0.4 is 15.0 Å². The second-order valence-electron chi connectivity index (χ2n) is 7.05. The molecule has 0 atom stereocenters. The number of carbonyl (C=O) groups excluding carboxylic acids is 1. The minimum Gasteiger partial charge on any atom is -0.496 e. The number of anilines is 1. The second kappa shape index (κ2) is 8.77. The molecule has 0 aliphatic carbocycles. The largest absolute Gasteiger partial charge is 0.496 e. The Balaban J connectivity index is 1.45. The average molecular weight is 391 g/mol. The van der Waals surface area contributed by atoms with Gasteiger partial charge in [-0.2, -0.15) is 5.10 Å². The number of aromatic nitrogens is 3. The van der Waals surface area contributed by atoms with Crippen LogP contribution in [0, 0.1) is 0 Å². The van der Waals surface area contributed by atoms with Crippen molar-refractivity contribution >= 4 is 11.6 Å². The summed E-state index contributed by atoms with van der Waals surface area (Å²) in [4.78, 5) is 19.6. The zero-order valence-corrected chi connectivity index (χ0v) is 16.5. The van der Waals surface area contributed by atoms with Crippen LogP contribution in [-0.2, 0) is 6.54 Å². The van der Waals surface area contributed by atoms with Gasteiger partial charge in [0.25, 0.3) is 5.91 Å². The molecule has 0 radical (unpaired) electrons. The Morgan fingerprint density at radius 2 is 1.86 bits per heavy atom. The average Bonchev–Trinajstić information content (AvgIpc) is 3.27. The minimum atomic E-state index is -0.116. The molecule has 150 valence electrons. The molecule has 0 saturated carbocycles. The van der Waals surface area contributed by atoms with Crippen LogP contribution in [-0.4, -0.2) is 41.3 Å². The Morgan fingerprint density at radius 1 is 1.10 bits per heavy atom. The summed E-state index contributed by atoms with van der Waals surface area (Å²) < 4.78 is 5.37. The first-order valence-electron chi connectivity index (χ1n) is 9.93. The molecule has 2 N–H and O–H groups in total. The zero-order valence-electron chi connectivity index (χ0n) is 16.5. The molecule has 4 rings (SSSR count). The fourth-order valence-electron chi connectivity index (χ4n) is 3.67. The van der Waals surface area contributed by atoms with E-state index >= 15 is 0 Å². The lowest BCUT2D eigenvalue weighted by atomic mass is 10.1. The Hall–Kier alpha value is -3.35. The third-order valence-electron chi connectivity index (χ3n) is 5.15. The van der Waals surface area contributed by atoms with Gasteiger partial charge in [0.2, 0.25) is 0 Å². The number of hydrogen-bond donors (Lipinski definition) is 2. The van der Waals surface area contributed by atoms with Crippen LogP contribution in [0.3, 0.4) is 0 Å². The van der Waals surface area contributed by atoms with Crippen LogP contribution in [0.5, 0.6) is 5.75 Å². The molecule has 3 aromatic rings.